The summed E-state index contributed by atoms with van der Waals surface area (Å²) in [6, 6.07) is 3.05. The van der Waals surface area contributed by atoms with E-state index in [-0.39, 0.29) is 5.82 Å². The van der Waals surface area contributed by atoms with Crippen molar-refractivity contribution >= 4 is 21.4 Å². The molecule has 3 nitrogen and oxygen atoms in total. The second-order valence-electron chi connectivity index (χ2n) is 2.35. The van der Waals surface area contributed by atoms with E-state index in [1.807, 2.05) is 0 Å². The van der Waals surface area contributed by atoms with Crippen LogP contribution in [0, 0.1) is 5.82 Å². The van der Waals surface area contributed by atoms with E-state index in [4.69, 9.17) is 0 Å². The Morgan fingerprint density at radius 3 is 3.08 bits per heavy atom. The summed E-state index contributed by atoms with van der Waals surface area (Å²) in [6.45, 7) is 0. The molecule has 2 heterocycles. The second-order valence-corrected chi connectivity index (χ2v) is 2.91. The first-order chi connectivity index (χ1) is 5.81. The fourth-order valence-corrected chi connectivity index (χ4v) is 1.41. The van der Waals surface area contributed by atoms with E-state index >= 15 is 0 Å². The van der Waals surface area contributed by atoms with E-state index in [1.165, 1.54) is 16.8 Å². The largest absolute Gasteiger partial charge is 0.217 e. The molecule has 0 unspecified atom stereocenters. The van der Waals surface area contributed by atoms with Gasteiger partial charge in [0.25, 0.3) is 0 Å². The molecule has 12 heavy (non-hydrogen) atoms. The molecule has 62 valence electrons. The van der Waals surface area contributed by atoms with Crippen molar-refractivity contribution < 1.29 is 4.39 Å². The van der Waals surface area contributed by atoms with Crippen LogP contribution in [-0.4, -0.2) is 14.8 Å². The zero-order valence-corrected chi connectivity index (χ0v) is 7.62. The van der Waals surface area contributed by atoms with Crippen LogP contribution in [0.3, 0.4) is 0 Å². The monoisotopic (exact) mass is 229 g/mol. The lowest BCUT2D eigenvalue weighted by Gasteiger charge is -1.91. The van der Waals surface area contributed by atoms with Gasteiger partial charge in [0.15, 0.2) is 0 Å². The first-order valence-corrected chi connectivity index (χ1v) is 4.49. The van der Waals surface area contributed by atoms with Crippen molar-refractivity contribution in [2.24, 2.45) is 0 Å². The molecule has 0 fully saturated rings. The summed E-state index contributed by atoms with van der Waals surface area (Å²) in [6.07, 6.45) is 1.30. The first-order valence-electron chi connectivity index (χ1n) is 3.36. The summed E-state index contributed by atoms with van der Waals surface area (Å²) in [7, 11) is 0. The quantitative estimate of drug-likeness (QED) is 0.698. The van der Waals surface area contributed by atoms with Crippen molar-refractivity contribution in [2.75, 3.05) is 0 Å². The molecule has 0 amide bonds. The number of fused-ring (bicyclic) bond motifs is 1. The molecule has 0 radical (unpaired) electrons. The summed E-state index contributed by atoms with van der Waals surface area (Å²) in [4.78, 5) is 0. The van der Waals surface area contributed by atoms with Crippen LogP contribution in [0.5, 0.6) is 0 Å². The van der Waals surface area contributed by atoms with Gasteiger partial charge in [0, 0.05) is 5.33 Å². The number of alkyl halides is 1. The Labute approximate surface area is 76.3 Å². The molecule has 0 spiro atoms. The summed E-state index contributed by atoms with van der Waals surface area (Å²) < 4.78 is 14.1. The van der Waals surface area contributed by atoms with Crippen molar-refractivity contribution in [3.8, 4) is 0 Å². The van der Waals surface area contributed by atoms with E-state index in [0.717, 1.165) is 11.2 Å². The Morgan fingerprint density at radius 2 is 2.33 bits per heavy atom. The van der Waals surface area contributed by atoms with Crippen LogP contribution < -0.4 is 0 Å². The normalized spacial score (nSPS) is 10.8. The lowest BCUT2D eigenvalue weighted by atomic mass is 10.3. The lowest BCUT2D eigenvalue weighted by Crippen LogP contribution is -1.87. The average molecular weight is 230 g/mol. The average Bonchev–Trinajstić information content (AvgIpc) is 2.46. The molecule has 0 atom stereocenters. The molecule has 0 saturated carbocycles. The Balaban J connectivity index is 2.73. The third kappa shape index (κ3) is 1.10. The van der Waals surface area contributed by atoms with Gasteiger partial charge in [-0.3, -0.25) is 0 Å². The van der Waals surface area contributed by atoms with Crippen LogP contribution in [0.15, 0.2) is 18.3 Å². The number of nitrogens with zero attached hydrogens (tertiary/aromatic N) is 3. The zero-order chi connectivity index (χ0) is 8.55. The minimum atomic E-state index is -0.312. The molecule has 0 aliphatic heterocycles. The highest BCUT2D eigenvalue weighted by Crippen LogP contribution is 2.11. The van der Waals surface area contributed by atoms with Crippen molar-refractivity contribution in [3.63, 3.8) is 0 Å². The molecule has 0 bridgehead atoms. The van der Waals surface area contributed by atoms with Gasteiger partial charge in [-0.25, -0.2) is 8.91 Å². The van der Waals surface area contributed by atoms with E-state index < -0.39 is 0 Å². The van der Waals surface area contributed by atoms with Gasteiger partial charge in [-0.1, -0.05) is 21.1 Å². The second kappa shape index (κ2) is 2.82. The maximum atomic E-state index is 12.6. The highest BCUT2D eigenvalue weighted by molar-refractivity contribution is 9.08. The summed E-state index contributed by atoms with van der Waals surface area (Å²) in [5.41, 5.74) is 1.64. The molecule has 2 rings (SSSR count). The van der Waals surface area contributed by atoms with E-state index in [9.17, 15) is 4.39 Å². The Kier molecular flexibility index (Phi) is 1.80. The van der Waals surface area contributed by atoms with Gasteiger partial charge in [-0.05, 0) is 12.1 Å². The van der Waals surface area contributed by atoms with Crippen molar-refractivity contribution in [3.05, 3.63) is 29.8 Å². The molecule has 0 N–H and O–H groups in total. The number of aromatic nitrogens is 3. The highest BCUT2D eigenvalue weighted by atomic mass is 79.9. The highest BCUT2D eigenvalue weighted by Gasteiger charge is 2.03. The van der Waals surface area contributed by atoms with Gasteiger partial charge in [0.2, 0.25) is 0 Å². The first kappa shape index (κ1) is 7.67. The lowest BCUT2D eigenvalue weighted by molar-refractivity contribution is 0.612. The van der Waals surface area contributed by atoms with E-state index in [2.05, 4.69) is 26.2 Å². The molecule has 5 heteroatoms. The smallest absolute Gasteiger partial charge is 0.141 e. The zero-order valence-electron chi connectivity index (χ0n) is 6.04. The third-order valence-corrected chi connectivity index (χ3v) is 2.11. The molecule has 2 aromatic rings. The number of hydrogen-bond donors (Lipinski definition) is 0. The fraction of sp³-hybridized carbons (Fsp3) is 0.143. The van der Waals surface area contributed by atoms with Gasteiger partial charge >= 0.3 is 0 Å². The van der Waals surface area contributed by atoms with E-state index in [1.54, 1.807) is 6.07 Å². The molecule has 0 aromatic carbocycles. The van der Waals surface area contributed by atoms with Gasteiger partial charge in [0.1, 0.15) is 11.5 Å². The topological polar surface area (TPSA) is 30.2 Å². The van der Waals surface area contributed by atoms with Crippen LogP contribution in [0.4, 0.5) is 4.39 Å². The van der Waals surface area contributed by atoms with Crippen LogP contribution in [0.2, 0.25) is 0 Å². The molecule has 2 aromatic heterocycles. The van der Waals surface area contributed by atoms with Crippen molar-refractivity contribution in [1.82, 2.24) is 14.8 Å². The predicted octanol–water partition coefficient (Wildman–Crippen LogP) is 1.76. The predicted molar refractivity (Wildman–Crippen MR) is 45.6 cm³/mol. The van der Waals surface area contributed by atoms with Crippen molar-refractivity contribution in [1.29, 1.82) is 0 Å². The number of halogens is 2. The summed E-state index contributed by atoms with van der Waals surface area (Å²) in [5.74, 6) is -0.312. The minimum Gasteiger partial charge on any atom is -0.217 e. The molecular formula is C7H5BrFN3. The van der Waals surface area contributed by atoms with Crippen LogP contribution in [0.1, 0.15) is 5.69 Å². The third-order valence-electron chi connectivity index (χ3n) is 1.58. The van der Waals surface area contributed by atoms with Gasteiger partial charge < -0.3 is 0 Å². The maximum Gasteiger partial charge on any atom is 0.141 e. The Hall–Kier alpha value is -0.970. The van der Waals surface area contributed by atoms with Gasteiger partial charge in [-0.15, -0.1) is 5.10 Å². The molecular weight excluding hydrogens is 225 g/mol. The molecule has 0 saturated heterocycles. The van der Waals surface area contributed by atoms with E-state index in [0.29, 0.717) is 5.33 Å². The SMILES string of the molecule is Fc1ccc2c(CBr)nnn2c1. The minimum absolute atomic E-state index is 0.312. The summed E-state index contributed by atoms with van der Waals surface area (Å²) in [5, 5.41) is 8.23. The van der Waals surface area contributed by atoms with Gasteiger partial charge in [-0.2, -0.15) is 0 Å². The Morgan fingerprint density at radius 1 is 1.50 bits per heavy atom. The molecule has 0 aliphatic carbocycles. The fourth-order valence-electron chi connectivity index (χ4n) is 1.02. The summed E-state index contributed by atoms with van der Waals surface area (Å²) >= 11 is 3.27. The van der Waals surface area contributed by atoms with Crippen LogP contribution in [-0.2, 0) is 5.33 Å². The standard InChI is InChI=1S/C7H5BrFN3/c8-3-6-7-2-1-5(9)4-12(7)11-10-6/h1-2,4H,3H2. The van der Waals surface area contributed by atoms with Gasteiger partial charge in [0.05, 0.1) is 11.7 Å². The number of pyridine rings is 1. The van der Waals surface area contributed by atoms with Crippen molar-refractivity contribution in [2.45, 2.75) is 5.33 Å². The molecule has 0 aliphatic rings. The number of hydrogen-bond acceptors (Lipinski definition) is 2. The Bertz CT molecular complexity index is 412. The van der Waals surface area contributed by atoms with Crippen LogP contribution in [0.25, 0.3) is 5.52 Å². The van der Waals surface area contributed by atoms with Crippen LogP contribution >= 0.6 is 15.9 Å². The number of rotatable bonds is 1. The maximum absolute atomic E-state index is 12.6.